The third-order valence-corrected chi connectivity index (χ3v) is 3.72. The summed E-state index contributed by atoms with van der Waals surface area (Å²) in [5.74, 6) is -0.0594. The van der Waals surface area contributed by atoms with E-state index in [4.69, 9.17) is 4.74 Å². The molecule has 92 valence electrons. The topological polar surface area (TPSA) is 53.6 Å². The van der Waals surface area contributed by atoms with E-state index in [9.17, 15) is 4.79 Å². The number of carbonyl (C=O) groups is 1. The first-order chi connectivity index (χ1) is 7.79. The average Bonchev–Trinajstić information content (AvgIpc) is 2.39. The molecule has 0 amide bonds. The molecule has 2 fully saturated rings. The van der Waals surface area contributed by atoms with Crippen LogP contribution < -0.4 is 10.6 Å². The van der Waals surface area contributed by atoms with E-state index >= 15 is 0 Å². The molecule has 0 saturated carbocycles. The van der Waals surface area contributed by atoms with Crippen molar-refractivity contribution in [3.8, 4) is 0 Å². The maximum Gasteiger partial charge on any atom is 0.326 e. The fourth-order valence-electron chi connectivity index (χ4n) is 2.77. The van der Waals surface area contributed by atoms with Gasteiger partial charge in [0.1, 0.15) is 5.54 Å². The molecule has 2 rings (SSSR count). The second-order valence-corrected chi connectivity index (χ2v) is 4.51. The molecule has 2 saturated heterocycles. The third-order valence-electron chi connectivity index (χ3n) is 3.72. The summed E-state index contributed by atoms with van der Waals surface area (Å²) < 4.78 is 5.02. The number of hydrogen-bond donors (Lipinski definition) is 2. The van der Waals surface area contributed by atoms with Gasteiger partial charge in [-0.3, -0.25) is 9.69 Å². The number of methoxy groups -OCH3 is 1. The number of nitrogens with zero attached hydrogens (tertiary/aromatic N) is 1. The van der Waals surface area contributed by atoms with Gasteiger partial charge in [-0.2, -0.15) is 0 Å². The molecular weight excluding hydrogens is 206 g/mol. The zero-order valence-corrected chi connectivity index (χ0v) is 9.92. The summed E-state index contributed by atoms with van der Waals surface area (Å²) in [6.45, 7) is 5.61. The van der Waals surface area contributed by atoms with E-state index in [2.05, 4.69) is 15.5 Å². The van der Waals surface area contributed by atoms with Crippen LogP contribution in [0.25, 0.3) is 0 Å². The number of rotatable bonds is 2. The quantitative estimate of drug-likeness (QED) is 0.604. The SMILES string of the molecule is COC(=O)C1(N2CCNCC2)CCNCC1. The van der Waals surface area contributed by atoms with Gasteiger partial charge in [0.05, 0.1) is 7.11 Å². The van der Waals surface area contributed by atoms with Gasteiger partial charge >= 0.3 is 5.97 Å². The lowest BCUT2D eigenvalue weighted by Gasteiger charge is -2.45. The number of nitrogens with one attached hydrogen (secondary N) is 2. The number of hydrogen-bond acceptors (Lipinski definition) is 5. The number of piperidine rings is 1. The van der Waals surface area contributed by atoms with Crippen molar-refractivity contribution in [2.45, 2.75) is 18.4 Å². The molecule has 2 N–H and O–H groups in total. The van der Waals surface area contributed by atoms with E-state index in [0.29, 0.717) is 0 Å². The van der Waals surface area contributed by atoms with Gasteiger partial charge in [-0.25, -0.2) is 0 Å². The lowest BCUT2D eigenvalue weighted by Crippen LogP contribution is -2.63. The first-order valence-corrected chi connectivity index (χ1v) is 6.04. The van der Waals surface area contributed by atoms with Gasteiger partial charge in [-0.05, 0) is 25.9 Å². The fourth-order valence-corrected chi connectivity index (χ4v) is 2.77. The Labute approximate surface area is 96.5 Å². The Bertz CT molecular complexity index is 246. The Kier molecular flexibility index (Phi) is 3.78. The van der Waals surface area contributed by atoms with Gasteiger partial charge < -0.3 is 15.4 Å². The highest BCUT2D eigenvalue weighted by Gasteiger charge is 2.45. The molecule has 2 aliphatic rings. The first kappa shape index (κ1) is 11.8. The number of ether oxygens (including phenoxy) is 1. The van der Waals surface area contributed by atoms with E-state index < -0.39 is 0 Å². The Morgan fingerprint density at radius 1 is 1.12 bits per heavy atom. The lowest BCUT2D eigenvalue weighted by atomic mass is 9.86. The van der Waals surface area contributed by atoms with Crippen molar-refractivity contribution in [3.63, 3.8) is 0 Å². The zero-order chi connectivity index (χ0) is 11.4. The minimum absolute atomic E-state index is 0.0594. The summed E-state index contributed by atoms with van der Waals surface area (Å²) >= 11 is 0. The van der Waals surface area contributed by atoms with Crippen LogP contribution in [0.4, 0.5) is 0 Å². The Balaban J connectivity index is 2.14. The van der Waals surface area contributed by atoms with Gasteiger partial charge in [0, 0.05) is 26.2 Å². The Hall–Kier alpha value is -0.650. The maximum atomic E-state index is 12.1. The lowest BCUT2D eigenvalue weighted by molar-refractivity contribution is -0.158. The molecule has 5 heteroatoms. The van der Waals surface area contributed by atoms with Crippen molar-refractivity contribution in [2.24, 2.45) is 0 Å². The molecule has 2 heterocycles. The summed E-state index contributed by atoms with van der Waals surface area (Å²) in [5.41, 5.74) is -0.373. The number of esters is 1. The standard InChI is InChI=1S/C11H21N3O2/c1-16-10(15)11(2-4-12-5-3-11)14-8-6-13-7-9-14/h12-13H,2-9H2,1H3. The van der Waals surface area contributed by atoms with Crippen LogP contribution in [0.2, 0.25) is 0 Å². The molecule has 0 spiro atoms. The summed E-state index contributed by atoms with van der Waals surface area (Å²) in [6.07, 6.45) is 1.72. The summed E-state index contributed by atoms with van der Waals surface area (Å²) in [5, 5.41) is 6.63. The Morgan fingerprint density at radius 3 is 2.25 bits per heavy atom. The van der Waals surface area contributed by atoms with Crippen molar-refractivity contribution >= 4 is 5.97 Å². The van der Waals surface area contributed by atoms with E-state index in [1.165, 1.54) is 7.11 Å². The summed E-state index contributed by atoms with van der Waals surface area (Å²) in [6, 6.07) is 0. The molecule has 16 heavy (non-hydrogen) atoms. The van der Waals surface area contributed by atoms with Crippen LogP contribution >= 0.6 is 0 Å². The molecule has 0 atom stereocenters. The van der Waals surface area contributed by atoms with E-state index in [0.717, 1.165) is 52.1 Å². The highest BCUT2D eigenvalue weighted by molar-refractivity contribution is 5.81. The molecule has 2 aliphatic heterocycles. The molecule has 0 unspecified atom stereocenters. The highest BCUT2D eigenvalue weighted by Crippen LogP contribution is 2.28. The average molecular weight is 227 g/mol. The minimum Gasteiger partial charge on any atom is -0.468 e. The van der Waals surface area contributed by atoms with E-state index in [-0.39, 0.29) is 11.5 Å². The second kappa shape index (κ2) is 5.12. The maximum absolute atomic E-state index is 12.1. The molecule has 0 aliphatic carbocycles. The zero-order valence-electron chi connectivity index (χ0n) is 9.92. The van der Waals surface area contributed by atoms with Crippen LogP contribution in [0.15, 0.2) is 0 Å². The number of carbonyl (C=O) groups excluding carboxylic acids is 1. The van der Waals surface area contributed by atoms with Crippen LogP contribution in [-0.2, 0) is 9.53 Å². The van der Waals surface area contributed by atoms with Crippen molar-refractivity contribution < 1.29 is 9.53 Å². The van der Waals surface area contributed by atoms with Gasteiger partial charge in [0.25, 0.3) is 0 Å². The minimum atomic E-state index is -0.373. The monoisotopic (exact) mass is 227 g/mol. The van der Waals surface area contributed by atoms with Crippen LogP contribution in [0.3, 0.4) is 0 Å². The predicted molar refractivity (Wildman–Crippen MR) is 61.3 cm³/mol. The molecule has 0 aromatic carbocycles. The van der Waals surface area contributed by atoms with E-state index in [1.54, 1.807) is 0 Å². The van der Waals surface area contributed by atoms with Crippen molar-refractivity contribution in [1.82, 2.24) is 15.5 Å². The largest absolute Gasteiger partial charge is 0.468 e. The number of piperazine rings is 1. The van der Waals surface area contributed by atoms with Gasteiger partial charge in [-0.15, -0.1) is 0 Å². The second-order valence-electron chi connectivity index (χ2n) is 4.51. The van der Waals surface area contributed by atoms with Crippen LogP contribution in [0.1, 0.15) is 12.8 Å². The molecule has 0 aromatic rings. The molecule has 0 radical (unpaired) electrons. The van der Waals surface area contributed by atoms with Crippen molar-refractivity contribution in [3.05, 3.63) is 0 Å². The van der Waals surface area contributed by atoms with Gasteiger partial charge in [0.15, 0.2) is 0 Å². The summed E-state index contributed by atoms with van der Waals surface area (Å²) in [4.78, 5) is 14.4. The van der Waals surface area contributed by atoms with Crippen LogP contribution in [0, 0.1) is 0 Å². The molecule has 0 bridgehead atoms. The van der Waals surface area contributed by atoms with Gasteiger partial charge in [-0.1, -0.05) is 0 Å². The normalized spacial score (nSPS) is 26.3. The van der Waals surface area contributed by atoms with Crippen LogP contribution in [-0.4, -0.2) is 62.8 Å². The molecular formula is C11H21N3O2. The predicted octanol–water partition coefficient (Wildman–Crippen LogP) is -0.813. The van der Waals surface area contributed by atoms with Crippen molar-refractivity contribution in [2.75, 3.05) is 46.4 Å². The first-order valence-electron chi connectivity index (χ1n) is 6.04. The van der Waals surface area contributed by atoms with E-state index in [1.807, 2.05) is 0 Å². The van der Waals surface area contributed by atoms with Crippen LogP contribution in [0.5, 0.6) is 0 Å². The summed E-state index contributed by atoms with van der Waals surface area (Å²) in [7, 11) is 1.49. The molecule has 5 nitrogen and oxygen atoms in total. The molecule has 0 aromatic heterocycles. The Morgan fingerprint density at radius 2 is 1.69 bits per heavy atom. The van der Waals surface area contributed by atoms with Crippen molar-refractivity contribution in [1.29, 1.82) is 0 Å². The highest BCUT2D eigenvalue weighted by atomic mass is 16.5. The smallest absolute Gasteiger partial charge is 0.326 e. The van der Waals surface area contributed by atoms with Gasteiger partial charge in [0.2, 0.25) is 0 Å². The third kappa shape index (κ3) is 2.07. The fraction of sp³-hybridized carbons (Fsp3) is 0.909.